The van der Waals surface area contributed by atoms with Gasteiger partial charge in [-0.15, -0.1) is 0 Å². The minimum atomic E-state index is -1.21. The van der Waals surface area contributed by atoms with E-state index in [2.05, 4.69) is 21.3 Å². The van der Waals surface area contributed by atoms with E-state index in [0.29, 0.717) is 25.0 Å². The Hall–Kier alpha value is -3.86. The van der Waals surface area contributed by atoms with E-state index < -0.39 is 47.9 Å². The maximum absolute atomic E-state index is 13.5. The number of aliphatic carboxylic acids is 1. The van der Waals surface area contributed by atoms with Gasteiger partial charge < -0.3 is 26.4 Å². The molecule has 0 aliphatic rings. The first-order valence-electron chi connectivity index (χ1n) is 13.5. The Morgan fingerprint density at radius 2 is 1.22 bits per heavy atom. The Morgan fingerprint density at radius 1 is 0.756 bits per heavy atom. The largest absolute Gasteiger partial charge is 0.480 e. The van der Waals surface area contributed by atoms with E-state index in [4.69, 9.17) is 0 Å². The Kier molecular flexibility index (Phi) is 14.4. The van der Waals surface area contributed by atoms with Crippen LogP contribution in [0.1, 0.15) is 37.8 Å². The summed E-state index contributed by atoms with van der Waals surface area (Å²) in [6.45, 7) is 3.80. The van der Waals surface area contributed by atoms with Crippen molar-refractivity contribution in [2.75, 3.05) is 12.0 Å². The quantitative estimate of drug-likeness (QED) is 0.168. The van der Waals surface area contributed by atoms with Crippen LogP contribution in [0.3, 0.4) is 0 Å². The standard InChI is InChI=1S/C30H40N4O6S/c1-20(2)16-24(32-27(36)23(31-19-35)14-15-41-3)28(37)33-25(17-21-10-6-4-7-11-21)29(38)34-26(30(39)40)18-22-12-8-5-9-13-22/h4-13,19-20,23-26H,14-18H2,1-3H3,(H,31,35)(H,32,36)(H,33,37)(H,34,38)(H,39,40)/t23-,24+,25+,26-/m0/s1. The van der Waals surface area contributed by atoms with Crippen LogP contribution in [0.15, 0.2) is 60.7 Å². The van der Waals surface area contributed by atoms with Crippen molar-refractivity contribution >= 4 is 41.9 Å². The molecule has 0 radical (unpaired) electrons. The molecule has 10 nitrogen and oxygen atoms in total. The first-order chi connectivity index (χ1) is 19.6. The van der Waals surface area contributed by atoms with Crippen molar-refractivity contribution in [3.8, 4) is 0 Å². The zero-order valence-electron chi connectivity index (χ0n) is 23.7. The van der Waals surface area contributed by atoms with Crippen LogP contribution in [0.2, 0.25) is 0 Å². The zero-order valence-corrected chi connectivity index (χ0v) is 24.5. The molecular formula is C30H40N4O6S. The summed E-state index contributed by atoms with van der Waals surface area (Å²) in [7, 11) is 0. The Balaban J connectivity index is 2.25. The summed E-state index contributed by atoms with van der Waals surface area (Å²) in [5.74, 6) is -2.26. The number of hydrogen-bond acceptors (Lipinski definition) is 6. The lowest BCUT2D eigenvalue weighted by molar-refractivity contribution is -0.142. The van der Waals surface area contributed by atoms with E-state index in [1.54, 1.807) is 48.5 Å². The van der Waals surface area contributed by atoms with Gasteiger partial charge in [0.2, 0.25) is 24.1 Å². The number of amides is 4. The molecule has 222 valence electrons. The summed E-state index contributed by atoms with van der Waals surface area (Å²) in [5, 5.41) is 20.4. The third kappa shape index (κ3) is 12.0. The van der Waals surface area contributed by atoms with E-state index >= 15 is 0 Å². The molecule has 41 heavy (non-hydrogen) atoms. The molecular weight excluding hydrogens is 544 g/mol. The molecule has 0 heterocycles. The highest BCUT2D eigenvalue weighted by molar-refractivity contribution is 7.98. The van der Waals surface area contributed by atoms with Gasteiger partial charge in [-0.05, 0) is 41.9 Å². The Morgan fingerprint density at radius 3 is 1.71 bits per heavy atom. The van der Waals surface area contributed by atoms with Crippen molar-refractivity contribution in [2.24, 2.45) is 5.92 Å². The minimum absolute atomic E-state index is 0.0263. The molecule has 0 aromatic heterocycles. The van der Waals surface area contributed by atoms with Gasteiger partial charge in [0.05, 0.1) is 0 Å². The highest BCUT2D eigenvalue weighted by atomic mass is 32.2. The van der Waals surface area contributed by atoms with Crippen molar-refractivity contribution in [3.05, 3.63) is 71.8 Å². The molecule has 4 atom stereocenters. The van der Waals surface area contributed by atoms with E-state index in [0.717, 1.165) is 11.1 Å². The van der Waals surface area contributed by atoms with E-state index in [1.807, 2.05) is 32.2 Å². The average molecular weight is 585 g/mol. The second-order valence-corrected chi connectivity index (χ2v) is 11.1. The first kappa shape index (κ1) is 33.3. The van der Waals surface area contributed by atoms with E-state index in [1.165, 1.54) is 11.8 Å². The molecule has 0 bridgehead atoms. The first-order valence-corrected chi connectivity index (χ1v) is 14.9. The normalized spacial score (nSPS) is 13.8. The second kappa shape index (κ2) is 17.8. The molecule has 0 saturated heterocycles. The van der Waals surface area contributed by atoms with Gasteiger partial charge in [0.1, 0.15) is 24.2 Å². The fourth-order valence-electron chi connectivity index (χ4n) is 4.24. The predicted molar refractivity (Wildman–Crippen MR) is 159 cm³/mol. The maximum Gasteiger partial charge on any atom is 0.326 e. The monoisotopic (exact) mass is 584 g/mol. The third-order valence-electron chi connectivity index (χ3n) is 6.35. The Labute approximate surface area is 245 Å². The summed E-state index contributed by atoms with van der Waals surface area (Å²) in [6.07, 6.45) is 3.20. The van der Waals surface area contributed by atoms with Crippen LogP contribution >= 0.6 is 11.8 Å². The van der Waals surface area contributed by atoms with Gasteiger partial charge in [-0.3, -0.25) is 19.2 Å². The number of rotatable bonds is 18. The highest BCUT2D eigenvalue weighted by Gasteiger charge is 2.31. The zero-order chi connectivity index (χ0) is 30.2. The summed E-state index contributed by atoms with van der Waals surface area (Å²) >= 11 is 1.53. The lowest BCUT2D eigenvalue weighted by Crippen LogP contribution is -2.58. The molecule has 2 aromatic carbocycles. The summed E-state index contributed by atoms with van der Waals surface area (Å²) in [6, 6.07) is 13.9. The molecule has 11 heteroatoms. The maximum atomic E-state index is 13.5. The molecule has 0 spiro atoms. The van der Waals surface area contributed by atoms with Gasteiger partial charge in [-0.1, -0.05) is 74.5 Å². The van der Waals surface area contributed by atoms with Crippen molar-refractivity contribution in [1.29, 1.82) is 0 Å². The number of hydrogen-bond donors (Lipinski definition) is 5. The molecule has 0 saturated carbocycles. The van der Waals surface area contributed by atoms with Crippen molar-refractivity contribution in [3.63, 3.8) is 0 Å². The van der Waals surface area contributed by atoms with Crippen molar-refractivity contribution in [1.82, 2.24) is 21.3 Å². The second-order valence-electron chi connectivity index (χ2n) is 10.1. The van der Waals surface area contributed by atoms with Gasteiger partial charge >= 0.3 is 5.97 Å². The van der Waals surface area contributed by atoms with Crippen LogP contribution in [0.25, 0.3) is 0 Å². The minimum Gasteiger partial charge on any atom is -0.480 e. The van der Waals surface area contributed by atoms with Gasteiger partial charge in [-0.2, -0.15) is 11.8 Å². The summed E-state index contributed by atoms with van der Waals surface area (Å²) in [5.41, 5.74) is 1.50. The van der Waals surface area contributed by atoms with Crippen molar-refractivity contribution < 1.29 is 29.1 Å². The fourth-order valence-corrected chi connectivity index (χ4v) is 4.71. The third-order valence-corrected chi connectivity index (χ3v) is 6.99. The highest BCUT2D eigenvalue weighted by Crippen LogP contribution is 2.10. The summed E-state index contributed by atoms with van der Waals surface area (Å²) < 4.78 is 0. The number of benzene rings is 2. The van der Waals surface area contributed by atoms with Gasteiger partial charge in [-0.25, -0.2) is 4.79 Å². The fraction of sp³-hybridized carbons (Fsp3) is 0.433. The molecule has 0 aliphatic carbocycles. The predicted octanol–water partition coefficient (Wildman–Crippen LogP) is 1.92. The number of carbonyl (C=O) groups is 5. The number of nitrogens with one attached hydrogen (secondary N) is 4. The molecule has 2 rings (SSSR count). The average Bonchev–Trinajstić information content (AvgIpc) is 2.94. The number of thioether (sulfide) groups is 1. The smallest absolute Gasteiger partial charge is 0.326 e. The van der Waals surface area contributed by atoms with Crippen LogP contribution in [-0.4, -0.2) is 71.4 Å². The molecule has 4 amide bonds. The van der Waals surface area contributed by atoms with Gasteiger partial charge in [0, 0.05) is 12.8 Å². The topological polar surface area (TPSA) is 154 Å². The molecule has 0 fully saturated rings. The molecule has 2 aromatic rings. The summed E-state index contributed by atoms with van der Waals surface area (Å²) in [4.78, 5) is 63.0. The lowest BCUT2D eigenvalue weighted by atomic mass is 10.00. The van der Waals surface area contributed by atoms with Crippen LogP contribution in [0.5, 0.6) is 0 Å². The lowest BCUT2D eigenvalue weighted by Gasteiger charge is -2.26. The van der Waals surface area contributed by atoms with Gasteiger partial charge in [0.25, 0.3) is 0 Å². The molecule has 5 N–H and O–H groups in total. The van der Waals surface area contributed by atoms with Crippen LogP contribution < -0.4 is 21.3 Å². The van der Waals surface area contributed by atoms with E-state index in [9.17, 15) is 29.1 Å². The SMILES string of the molecule is CSCC[C@H](NC=O)C(=O)N[C@H](CC(C)C)C(=O)N[C@H](Cc1ccccc1)C(=O)N[C@@H](Cc1ccccc1)C(=O)O. The van der Waals surface area contributed by atoms with Crippen LogP contribution in [0, 0.1) is 5.92 Å². The van der Waals surface area contributed by atoms with Gasteiger partial charge in [0.15, 0.2) is 0 Å². The van der Waals surface area contributed by atoms with Crippen LogP contribution in [-0.2, 0) is 36.8 Å². The van der Waals surface area contributed by atoms with E-state index in [-0.39, 0.29) is 18.8 Å². The molecule has 0 unspecified atom stereocenters. The van der Waals surface area contributed by atoms with Crippen LogP contribution in [0.4, 0.5) is 0 Å². The molecule has 0 aliphatic heterocycles. The number of carboxylic acids is 1. The number of carbonyl (C=O) groups excluding carboxylic acids is 4. The van der Waals surface area contributed by atoms with Crippen molar-refractivity contribution in [2.45, 2.75) is 63.7 Å². The Bertz CT molecular complexity index is 1130. The number of carboxylic acid groups (broad SMARTS) is 1.